The zero-order valence-corrected chi connectivity index (χ0v) is 30.6. The summed E-state index contributed by atoms with van der Waals surface area (Å²) in [6.45, 7) is 4.68. The van der Waals surface area contributed by atoms with E-state index in [0.29, 0.717) is 17.5 Å². The maximum atomic E-state index is 5.03. The lowest BCUT2D eigenvalue weighted by atomic mass is 9.81. The van der Waals surface area contributed by atoms with Crippen molar-refractivity contribution < 1.29 is 0 Å². The summed E-state index contributed by atoms with van der Waals surface area (Å²) in [6.07, 6.45) is 0. The van der Waals surface area contributed by atoms with Crippen LogP contribution in [0.1, 0.15) is 25.0 Å². The number of fused-ring (bicyclic) bond motifs is 3. The molecule has 0 spiro atoms. The van der Waals surface area contributed by atoms with Crippen LogP contribution in [0.4, 0.5) is 0 Å². The highest BCUT2D eigenvalue weighted by Gasteiger charge is 2.36. The zero-order chi connectivity index (χ0) is 36.7. The van der Waals surface area contributed by atoms with Gasteiger partial charge in [0.05, 0.1) is 0 Å². The summed E-state index contributed by atoms with van der Waals surface area (Å²) in [4.78, 5) is 15.0. The monoisotopic (exact) mass is 701 g/mol. The molecular formula is C52H35N3. The molecule has 10 aromatic rings. The summed E-state index contributed by atoms with van der Waals surface area (Å²) in [5.41, 5.74) is 12.8. The van der Waals surface area contributed by atoms with Crippen LogP contribution in [0.3, 0.4) is 0 Å². The fraction of sp³-hybridized carbons (Fsp3) is 0.0577. The first kappa shape index (κ1) is 31.5. The Kier molecular flexibility index (Phi) is 6.90. The topological polar surface area (TPSA) is 38.7 Å². The maximum Gasteiger partial charge on any atom is 0.164 e. The molecule has 0 amide bonds. The molecule has 0 fully saturated rings. The number of nitrogens with zero attached hydrogens (tertiary/aromatic N) is 3. The Hall–Kier alpha value is -6.97. The Labute approximate surface area is 320 Å². The second-order valence-corrected chi connectivity index (χ2v) is 15.2. The predicted octanol–water partition coefficient (Wildman–Crippen LogP) is 13.4. The van der Waals surface area contributed by atoms with Gasteiger partial charge in [0, 0.05) is 22.1 Å². The van der Waals surface area contributed by atoms with Crippen LogP contribution < -0.4 is 0 Å². The summed E-state index contributed by atoms with van der Waals surface area (Å²) < 4.78 is 0. The smallest absolute Gasteiger partial charge is 0.164 e. The van der Waals surface area contributed by atoms with Crippen LogP contribution in [-0.4, -0.2) is 15.0 Å². The Balaban J connectivity index is 0.981. The first-order chi connectivity index (χ1) is 27.0. The summed E-state index contributed by atoms with van der Waals surface area (Å²) in [6, 6.07) is 63.3. The van der Waals surface area contributed by atoms with Crippen molar-refractivity contribution in [1.82, 2.24) is 15.0 Å². The van der Waals surface area contributed by atoms with Crippen molar-refractivity contribution in [2.45, 2.75) is 19.3 Å². The third-order valence-electron chi connectivity index (χ3n) is 11.7. The second kappa shape index (κ2) is 12.0. The van der Waals surface area contributed by atoms with E-state index >= 15 is 0 Å². The third-order valence-corrected chi connectivity index (χ3v) is 11.7. The van der Waals surface area contributed by atoms with Crippen molar-refractivity contribution in [2.24, 2.45) is 0 Å². The molecule has 55 heavy (non-hydrogen) atoms. The highest BCUT2D eigenvalue weighted by Crippen LogP contribution is 2.51. The minimum Gasteiger partial charge on any atom is -0.208 e. The van der Waals surface area contributed by atoms with Gasteiger partial charge in [-0.1, -0.05) is 172 Å². The Morgan fingerprint density at radius 2 is 0.782 bits per heavy atom. The summed E-state index contributed by atoms with van der Waals surface area (Å²) >= 11 is 0. The van der Waals surface area contributed by atoms with Gasteiger partial charge >= 0.3 is 0 Å². The van der Waals surface area contributed by atoms with Crippen LogP contribution in [0.25, 0.3) is 99.9 Å². The maximum absolute atomic E-state index is 5.03. The van der Waals surface area contributed by atoms with Crippen molar-refractivity contribution in [3.05, 3.63) is 187 Å². The quantitative estimate of drug-likeness (QED) is 0.168. The van der Waals surface area contributed by atoms with Gasteiger partial charge in [0.1, 0.15) is 0 Å². The SMILES string of the molecule is CC1(C)c2cc(-c3cccc(-c4ccc5ccc6cccc7ccc4c5c67)c3)ccc2-c2ccc(-c3nc(-c4ccccc4)nc(-c4ccccc4)n3)cc21. The molecule has 1 heterocycles. The molecule has 0 atom stereocenters. The van der Waals surface area contributed by atoms with E-state index in [0.717, 1.165) is 16.7 Å². The number of hydrogen-bond acceptors (Lipinski definition) is 3. The molecule has 1 aliphatic carbocycles. The lowest BCUT2D eigenvalue weighted by molar-refractivity contribution is 0.661. The van der Waals surface area contributed by atoms with Gasteiger partial charge in [0.15, 0.2) is 17.5 Å². The highest BCUT2D eigenvalue weighted by atomic mass is 15.0. The molecule has 0 N–H and O–H groups in total. The van der Waals surface area contributed by atoms with Crippen LogP contribution in [-0.2, 0) is 5.41 Å². The Morgan fingerprint density at radius 1 is 0.327 bits per heavy atom. The van der Waals surface area contributed by atoms with Crippen molar-refractivity contribution in [3.8, 4) is 67.5 Å². The first-order valence-electron chi connectivity index (χ1n) is 18.9. The third kappa shape index (κ3) is 5.01. The van der Waals surface area contributed by atoms with E-state index in [4.69, 9.17) is 15.0 Å². The van der Waals surface area contributed by atoms with Crippen LogP contribution >= 0.6 is 0 Å². The zero-order valence-electron chi connectivity index (χ0n) is 30.6. The van der Waals surface area contributed by atoms with E-state index in [-0.39, 0.29) is 5.41 Å². The lowest BCUT2D eigenvalue weighted by Gasteiger charge is -2.22. The molecule has 9 aromatic carbocycles. The number of hydrogen-bond donors (Lipinski definition) is 0. The molecule has 1 aliphatic rings. The molecule has 0 aliphatic heterocycles. The molecule has 0 bridgehead atoms. The average molecular weight is 702 g/mol. The van der Waals surface area contributed by atoms with E-state index in [1.807, 2.05) is 36.4 Å². The van der Waals surface area contributed by atoms with Crippen LogP contribution in [0.15, 0.2) is 176 Å². The van der Waals surface area contributed by atoms with Gasteiger partial charge in [-0.25, -0.2) is 15.0 Å². The van der Waals surface area contributed by atoms with Crippen molar-refractivity contribution in [3.63, 3.8) is 0 Å². The standard InChI is InChI=1S/C52H35N3/c1-52(2)45-30-38(37-17-10-18-39(29-37)41-25-21-34-20-19-32-15-9-16-33-22-28-44(41)48(34)47(32)33)23-26-42(45)43-27-24-40(31-46(43)52)51-54-49(35-11-5-3-6-12-35)53-50(55-51)36-13-7-4-8-14-36/h3-31H,1-2H3. The molecule has 0 saturated heterocycles. The lowest BCUT2D eigenvalue weighted by Crippen LogP contribution is -2.15. The largest absolute Gasteiger partial charge is 0.208 e. The van der Waals surface area contributed by atoms with Crippen molar-refractivity contribution >= 4 is 32.3 Å². The molecule has 258 valence electrons. The predicted molar refractivity (Wildman–Crippen MR) is 228 cm³/mol. The van der Waals surface area contributed by atoms with Crippen molar-refractivity contribution in [2.75, 3.05) is 0 Å². The highest BCUT2D eigenvalue weighted by molar-refractivity contribution is 6.25. The molecule has 0 unspecified atom stereocenters. The number of benzene rings is 9. The first-order valence-corrected chi connectivity index (χ1v) is 18.9. The van der Waals surface area contributed by atoms with Crippen molar-refractivity contribution in [1.29, 1.82) is 0 Å². The van der Waals surface area contributed by atoms with Gasteiger partial charge in [0.25, 0.3) is 0 Å². The van der Waals surface area contributed by atoms with Crippen LogP contribution in [0.2, 0.25) is 0 Å². The molecule has 1 aromatic heterocycles. The fourth-order valence-corrected chi connectivity index (χ4v) is 8.85. The van der Waals surface area contributed by atoms with Gasteiger partial charge in [-0.3, -0.25) is 0 Å². The molecule has 0 radical (unpaired) electrons. The Morgan fingerprint density at radius 3 is 1.44 bits per heavy atom. The summed E-state index contributed by atoms with van der Waals surface area (Å²) in [5, 5.41) is 7.86. The second-order valence-electron chi connectivity index (χ2n) is 15.2. The van der Waals surface area contributed by atoms with E-state index in [2.05, 4.69) is 153 Å². The minimum atomic E-state index is -0.224. The van der Waals surface area contributed by atoms with E-state index in [1.54, 1.807) is 0 Å². The van der Waals surface area contributed by atoms with Gasteiger partial charge in [0.2, 0.25) is 0 Å². The summed E-state index contributed by atoms with van der Waals surface area (Å²) in [5.74, 6) is 2.01. The van der Waals surface area contributed by atoms with Crippen LogP contribution in [0, 0.1) is 0 Å². The number of rotatable bonds is 5. The Bertz CT molecular complexity index is 3040. The van der Waals surface area contributed by atoms with Gasteiger partial charge in [-0.15, -0.1) is 0 Å². The van der Waals surface area contributed by atoms with Gasteiger partial charge in [-0.2, -0.15) is 0 Å². The average Bonchev–Trinajstić information content (AvgIpc) is 3.48. The summed E-state index contributed by atoms with van der Waals surface area (Å²) in [7, 11) is 0. The molecule has 3 nitrogen and oxygen atoms in total. The molecule has 11 rings (SSSR count). The van der Waals surface area contributed by atoms with E-state index in [1.165, 1.54) is 76.8 Å². The van der Waals surface area contributed by atoms with Gasteiger partial charge in [-0.05, 0) is 95.0 Å². The molecule has 3 heteroatoms. The van der Waals surface area contributed by atoms with E-state index in [9.17, 15) is 0 Å². The molecule has 0 saturated carbocycles. The molecular weight excluding hydrogens is 667 g/mol. The normalized spacial score (nSPS) is 13.1. The van der Waals surface area contributed by atoms with Crippen LogP contribution in [0.5, 0.6) is 0 Å². The van der Waals surface area contributed by atoms with E-state index < -0.39 is 0 Å². The van der Waals surface area contributed by atoms with Gasteiger partial charge < -0.3 is 0 Å². The fourth-order valence-electron chi connectivity index (χ4n) is 8.85. The number of aromatic nitrogens is 3. The minimum absolute atomic E-state index is 0.224.